The number of amides is 4. The summed E-state index contributed by atoms with van der Waals surface area (Å²) >= 11 is 0. The van der Waals surface area contributed by atoms with E-state index in [9.17, 15) is 19.5 Å². The zero-order valence-electron chi connectivity index (χ0n) is 23.7. The number of aromatic nitrogens is 5. The number of hydrogen-bond donors (Lipinski definition) is 3. The minimum atomic E-state index is -0.506. The van der Waals surface area contributed by atoms with Crippen LogP contribution in [0.4, 0.5) is 16.2 Å². The molecule has 0 radical (unpaired) electrons. The number of nitrogens with zero attached hydrogens (tertiary/aromatic N) is 7. The molecule has 15 heteroatoms. The maximum Gasteiger partial charge on any atom is 0.321 e. The Kier molecular flexibility index (Phi) is 9.17. The number of rotatable bonds is 8. The van der Waals surface area contributed by atoms with Gasteiger partial charge in [0.05, 0.1) is 25.6 Å². The van der Waals surface area contributed by atoms with E-state index in [1.807, 2.05) is 6.92 Å². The van der Waals surface area contributed by atoms with Gasteiger partial charge >= 0.3 is 6.03 Å². The van der Waals surface area contributed by atoms with Crippen LogP contribution in [0.2, 0.25) is 0 Å². The summed E-state index contributed by atoms with van der Waals surface area (Å²) < 4.78 is 12.9. The molecule has 0 bridgehead atoms. The maximum absolute atomic E-state index is 13.4. The van der Waals surface area contributed by atoms with E-state index in [-0.39, 0.29) is 49.9 Å². The van der Waals surface area contributed by atoms with E-state index in [0.717, 1.165) is 0 Å². The van der Waals surface area contributed by atoms with Crippen LogP contribution in [0, 0.1) is 19.8 Å². The molecule has 0 saturated heterocycles. The second-order valence-electron chi connectivity index (χ2n) is 10.3. The van der Waals surface area contributed by atoms with E-state index in [1.165, 1.54) is 15.9 Å². The van der Waals surface area contributed by atoms with Crippen molar-refractivity contribution in [3.05, 3.63) is 41.5 Å². The van der Waals surface area contributed by atoms with E-state index in [2.05, 4.69) is 31.3 Å². The predicted molar refractivity (Wildman–Crippen MR) is 146 cm³/mol. The summed E-state index contributed by atoms with van der Waals surface area (Å²) in [5.74, 6) is 0.222. The number of anilines is 2. The second-order valence-corrected chi connectivity index (χ2v) is 10.3. The van der Waals surface area contributed by atoms with Crippen LogP contribution >= 0.6 is 0 Å². The highest BCUT2D eigenvalue weighted by molar-refractivity contribution is 5.91. The number of aliphatic hydroxyl groups is 1. The summed E-state index contributed by atoms with van der Waals surface area (Å²) in [4.78, 5) is 42.1. The number of hydrogen-bond acceptors (Lipinski definition) is 10. The van der Waals surface area contributed by atoms with Gasteiger partial charge in [-0.05, 0) is 49.4 Å². The lowest BCUT2D eigenvalue weighted by molar-refractivity contribution is -0.134. The van der Waals surface area contributed by atoms with Crippen molar-refractivity contribution in [1.29, 1.82) is 0 Å². The smallest absolute Gasteiger partial charge is 0.321 e. The first-order valence-electron chi connectivity index (χ1n) is 13.2. The quantitative estimate of drug-likeness (QED) is 0.357. The fraction of sp³-hybridized carbons (Fsp3) is 0.500. The molecule has 2 aromatic heterocycles. The van der Waals surface area contributed by atoms with Gasteiger partial charge in [-0.15, -0.1) is 5.10 Å². The van der Waals surface area contributed by atoms with Crippen molar-refractivity contribution < 1.29 is 28.8 Å². The summed E-state index contributed by atoms with van der Waals surface area (Å²) in [7, 11) is 1.65. The molecule has 3 atom stereocenters. The number of likely N-dealkylation sites (N-methyl/N-ethyl adjacent to an activating group) is 1. The molecule has 3 aromatic rings. The first kappa shape index (κ1) is 29.5. The van der Waals surface area contributed by atoms with Crippen molar-refractivity contribution in [2.45, 2.75) is 52.8 Å². The third-order valence-electron chi connectivity index (χ3n) is 6.96. The Balaban J connectivity index is 1.57. The average Bonchev–Trinajstić information content (AvgIpc) is 3.57. The number of aryl methyl sites for hydroxylation is 2. The molecule has 220 valence electrons. The number of urea groups is 1. The SMILES string of the molecule is Cc1noc(C)c1NC(=O)N(C)C[C@H]1Oc2ccc(NC(=O)Cn3cnnn3)cc2CC(=O)N([C@H](C)CO)C[C@H]1C. The van der Waals surface area contributed by atoms with Gasteiger partial charge in [0.25, 0.3) is 0 Å². The van der Waals surface area contributed by atoms with Gasteiger partial charge in [-0.25, -0.2) is 9.48 Å². The van der Waals surface area contributed by atoms with Crippen molar-refractivity contribution in [2.24, 2.45) is 5.92 Å². The molecule has 15 nitrogen and oxygen atoms in total. The summed E-state index contributed by atoms with van der Waals surface area (Å²) in [6, 6.07) is 4.28. The molecule has 4 amide bonds. The van der Waals surface area contributed by atoms with Gasteiger partial charge in [0.1, 0.15) is 36.1 Å². The monoisotopic (exact) mass is 569 g/mol. The van der Waals surface area contributed by atoms with Crippen LogP contribution in [-0.2, 0) is 22.6 Å². The summed E-state index contributed by atoms with van der Waals surface area (Å²) in [6.45, 7) is 7.40. The molecular weight excluding hydrogens is 534 g/mol. The van der Waals surface area contributed by atoms with E-state index >= 15 is 0 Å². The Morgan fingerprint density at radius 1 is 1.27 bits per heavy atom. The van der Waals surface area contributed by atoms with Gasteiger partial charge in [0, 0.05) is 30.8 Å². The van der Waals surface area contributed by atoms with Gasteiger partial charge in [0.2, 0.25) is 11.8 Å². The van der Waals surface area contributed by atoms with Crippen LogP contribution in [0.1, 0.15) is 30.9 Å². The molecule has 4 rings (SSSR count). The van der Waals surface area contributed by atoms with Crippen molar-refractivity contribution in [2.75, 3.05) is 37.4 Å². The molecule has 3 heterocycles. The fourth-order valence-electron chi connectivity index (χ4n) is 4.54. The normalized spacial score (nSPS) is 17.9. The number of benzene rings is 1. The number of nitrogens with one attached hydrogen (secondary N) is 2. The minimum absolute atomic E-state index is 0.00180. The zero-order chi connectivity index (χ0) is 29.7. The van der Waals surface area contributed by atoms with E-state index < -0.39 is 12.1 Å². The van der Waals surface area contributed by atoms with Crippen molar-refractivity contribution >= 4 is 29.2 Å². The second kappa shape index (κ2) is 12.8. The van der Waals surface area contributed by atoms with Crippen molar-refractivity contribution in [1.82, 2.24) is 35.2 Å². The largest absolute Gasteiger partial charge is 0.488 e. The van der Waals surface area contributed by atoms with Gasteiger partial charge in [-0.3, -0.25) is 9.59 Å². The molecule has 0 aliphatic carbocycles. The highest BCUT2D eigenvalue weighted by Crippen LogP contribution is 2.29. The molecule has 41 heavy (non-hydrogen) atoms. The number of tetrazole rings is 1. The van der Waals surface area contributed by atoms with Gasteiger partial charge in [-0.1, -0.05) is 12.1 Å². The lowest BCUT2D eigenvalue weighted by Gasteiger charge is -2.34. The average molecular weight is 570 g/mol. The van der Waals surface area contributed by atoms with E-state index in [4.69, 9.17) is 9.26 Å². The molecule has 1 aliphatic rings. The van der Waals surface area contributed by atoms with Crippen molar-refractivity contribution in [3.63, 3.8) is 0 Å². The Bertz CT molecular complexity index is 1360. The Labute approximate surface area is 236 Å². The number of ether oxygens (including phenoxy) is 1. The van der Waals surface area contributed by atoms with Crippen LogP contribution in [-0.4, -0.2) is 97.0 Å². The van der Waals surface area contributed by atoms with Gasteiger partial charge in [0.15, 0.2) is 5.76 Å². The highest BCUT2D eigenvalue weighted by atomic mass is 16.5. The summed E-state index contributed by atoms with van der Waals surface area (Å²) in [6.07, 6.45) is 0.826. The predicted octanol–water partition coefficient (Wildman–Crippen LogP) is 1.23. The molecular formula is C26H35N9O6. The molecule has 1 aromatic carbocycles. The summed E-state index contributed by atoms with van der Waals surface area (Å²) in [5, 5.41) is 30.1. The lowest BCUT2D eigenvalue weighted by Crippen LogP contribution is -2.48. The zero-order valence-corrected chi connectivity index (χ0v) is 23.7. The van der Waals surface area contributed by atoms with Gasteiger partial charge in [-0.2, -0.15) is 0 Å². The number of carbonyl (C=O) groups is 3. The topological polar surface area (TPSA) is 181 Å². The van der Waals surface area contributed by atoms with E-state index in [1.54, 1.807) is 50.9 Å². The Hall–Kier alpha value is -4.53. The van der Waals surface area contributed by atoms with Crippen molar-refractivity contribution in [3.8, 4) is 5.75 Å². The number of aliphatic hydroxyl groups excluding tert-OH is 1. The standard InChI is InChI=1S/C26H35N9O6/c1-15-10-35(16(2)13-36)24(38)9-19-8-20(28-23(37)12-34-14-27-31-32-34)6-7-21(19)40-22(15)11-33(5)26(39)29-25-17(3)30-41-18(25)4/h6-8,14-16,22,36H,9-13H2,1-5H3,(H,28,37)(H,29,39)/t15-,16-,22-/m1/s1. The third-order valence-corrected chi connectivity index (χ3v) is 6.96. The highest BCUT2D eigenvalue weighted by Gasteiger charge is 2.32. The molecule has 0 spiro atoms. The number of fused-ring (bicyclic) bond motifs is 1. The maximum atomic E-state index is 13.4. The van der Waals surface area contributed by atoms with Crippen LogP contribution in [0.3, 0.4) is 0 Å². The van der Waals surface area contributed by atoms with Crippen LogP contribution in [0.5, 0.6) is 5.75 Å². The number of carbonyl (C=O) groups excluding carboxylic acids is 3. The van der Waals surface area contributed by atoms with Crippen LogP contribution in [0.15, 0.2) is 29.0 Å². The molecule has 0 unspecified atom stereocenters. The fourth-order valence-corrected chi connectivity index (χ4v) is 4.54. The van der Waals surface area contributed by atoms with E-state index in [0.29, 0.717) is 40.7 Å². The molecule has 0 saturated carbocycles. The Morgan fingerprint density at radius 3 is 2.71 bits per heavy atom. The minimum Gasteiger partial charge on any atom is -0.488 e. The van der Waals surface area contributed by atoms with Crippen LogP contribution in [0.25, 0.3) is 0 Å². The molecule has 3 N–H and O–H groups in total. The Morgan fingerprint density at radius 2 is 2.05 bits per heavy atom. The van der Waals surface area contributed by atoms with Crippen LogP contribution < -0.4 is 15.4 Å². The molecule has 1 aliphatic heterocycles. The summed E-state index contributed by atoms with van der Waals surface area (Å²) in [5.41, 5.74) is 2.11. The van der Waals surface area contributed by atoms with Gasteiger partial charge < -0.3 is 34.8 Å². The first-order chi connectivity index (χ1) is 19.5. The lowest BCUT2D eigenvalue weighted by atomic mass is 10.0. The molecule has 0 fully saturated rings. The third kappa shape index (κ3) is 7.16. The first-order valence-corrected chi connectivity index (χ1v) is 13.2.